The molecule has 0 spiro atoms. The molecule has 0 unspecified atom stereocenters. The lowest BCUT2D eigenvalue weighted by atomic mass is 9.87. The summed E-state index contributed by atoms with van der Waals surface area (Å²) in [5.74, 6) is -0.476. The van der Waals surface area contributed by atoms with E-state index in [9.17, 15) is 12.8 Å². The Morgan fingerprint density at radius 3 is 2.24 bits per heavy atom. The number of allylic oxidation sites excluding steroid dienone is 7. The molecule has 0 saturated heterocycles. The summed E-state index contributed by atoms with van der Waals surface area (Å²) in [6, 6.07) is 7.01. The molecule has 0 amide bonds. The van der Waals surface area contributed by atoms with Crippen LogP contribution >= 0.6 is 0 Å². The largest absolute Gasteiger partial charge is 0.224 e. The fraction of sp³-hybridized carbons (Fsp3) is 0.333. The van der Waals surface area contributed by atoms with Crippen molar-refractivity contribution in [3.63, 3.8) is 0 Å². The van der Waals surface area contributed by atoms with Gasteiger partial charge in [0.05, 0.1) is 4.90 Å². The highest BCUT2D eigenvalue weighted by atomic mass is 32.2. The monoisotopic (exact) mass is 360 g/mol. The van der Waals surface area contributed by atoms with E-state index >= 15 is 0 Å². The van der Waals surface area contributed by atoms with Crippen LogP contribution in [0.3, 0.4) is 0 Å². The average Bonchev–Trinajstić information content (AvgIpc) is 2.83. The van der Waals surface area contributed by atoms with Crippen LogP contribution in [-0.4, -0.2) is 14.7 Å². The lowest BCUT2D eigenvalue weighted by Gasteiger charge is -2.17. The van der Waals surface area contributed by atoms with E-state index in [1.54, 1.807) is 18.2 Å². The zero-order valence-corrected chi connectivity index (χ0v) is 16.1. The molecule has 2 nitrogen and oxygen atoms in total. The van der Waals surface area contributed by atoms with Crippen molar-refractivity contribution in [2.24, 2.45) is 5.41 Å². The Morgan fingerprint density at radius 2 is 1.76 bits per heavy atom. The van der Waals surface area contributed by atoms with Crippen molar-refractivity contribution in [3.05, 3.63) is 71.6 Å². The minimum atomic E-state index is -3.21. The first-order valence-electron chi connectivity index (χ1n) is 8.25. The first kappa shape index (κ1) is 19.4. The van der Waals surface area contributed by atoms with Crippen LogP contribution in [0.4, 0.5) is 4.39 Å². The molecule has 0 aliphatic heterocycles. The van der Waals surface area contributed by atoms with Crippen LogP contribution in [0.5, 0.6) is 0 Å². The fourth-order valence-corrected chi connectivity index (χ4v) is 3.87. The van der Waals surface area contributed by atoms with E-state index < -0.39 is 15.7 Å². The molecule has 0 heterocycles. The first-order valence-corrected chi connectivity index (χ1v) is 10.1. The van der Waals surface area contributed by atoms with Gasteiger partial charge in [-0.05, 0) is 65.7 Å². The molecule has 134 valence electrons. The van der Waals surface area contributed by atoms with Crippen molar-refractivity contribution < 1.29 is 12.8 Å². The topological polar surface area (TPSA) is 34.1 Å². The molecule has 1 aliphatic rings. The van der Waals surface area contributed by atoms with Gasteiger partial charge in [-0.3, -0.25) is 0 Å². The van der Waals surface area contributed by atoms with Crippen molar-refractivity contribution in [1.82, 2.24) is 0 Å². The molecule has 1 aliphatic carbocycles. The Kier molecular flexibility index (Phi) is 5.52. The molecule has 0 N–H and O–H groups in total. The molecule has 1 aromatic rings. The van der Waals surface area contributed by atoms with E-state index in [0.29, 0.717) is 4.90 Å². The summed E-state index contributed by atoms with van der Waals surface area (Å²) in [6.45, 7) is 9.62. The quantitative estimate of drug-likeness (QED) is 0.636. The Balaban J connectivity index is 2.51. The third-order valence-corrected chi connectivity index (χ3v) is 5.54. The van der Waals surface area contributed by atoms with Crippen molar-refractivity contribution in [1.29, 1.82) is 0 Å². The zero-order chi connectivity index (χ0) is 18.8. The van der Waals surface area contributed by atoms with Gasteiger partial charge in [0.1, 0.15) is 5.83 Å². The number of hydrogen-bond acceptors (Lipinski definition) is 2. The number of halogens is 1. The van der Waals surface area contributed by atoms with Gasteiger partial charge in [0, 0.05) is 6.26 Å². The fourth-order valence-electron chi connectivity index (χ4n) is 3.24. The van der Waals surface area contributed by atoms with E-state index in [0.717, 1.165) is 24.0 Å². The Hall–Kier alpha value is -1.94. The minimum Gasteiger partial charge on any atom is -0.224 e. The van der Waals surface area contributed by atoms with Crippen molar-refractivity contribution in [3.8, 4) is 0 Å². The smallest absolute Gasteiger partial charge is 0.175 e. The van der Waals surface area contributed by atoms with Gasteiger partial charge in [-0.1, -0.05) is 44.7 Å². The Morgan fingerprint density at radius 1 is 1.16 bits per heavy atom. The summed E-state index contributed by atoms with van der Waals surface area (Å²) in [7, 11) is -3.21. The molecule has 0 bridgehead atoms. The summed E-state index contributed by atoms with van der Waals surface area (Å²) < 4.78 is 36.4. The molecule has 0 radical (unpaired) electrons. The van der Waals surface area contributed by atoms with Gasteiger partial charge < -0.3 is 0 Å². The van der Waals surface area contributed by atoms with Gasteiger partial charge in [-0.25, -0.2) is 12.8 Å². The average molecular weight is 360 g/mol. The van der Waals surface area contributed by atoms with Gasteiger partial charge in [-0.15, -0.1) is 0 Å². The highest BCUT2D eigenvalue weighted by molar-refractivity contribution is 7.90. The SMILES string of the molecule is C=C(F)/C=C\C(=C/C)C1=C(c2ccc(S(C)(=O)=O)cc2)CC(C)(C)C1. The Bertz CT molecular complexity index is 867. The number of rotatable bonds is 5. The van der Waals surface area contributed by atoms with Gasteiger partial charge in [0.15, 0.2) is 9.84 Å². The van der Waals surface area contributed by atoms with Crippen molar-refractivity contribution in [2.75, 3.05) is 6.26 Å². The van der Waals surface area contributed by atoms with Crippen LogP contribution in [0.15, 0.2) is 70.9 Å². The van der Waals surface area contributed by atoms with Crippen LogP contribution in [0.1, 0.15) is 39.2 Å². The van der Waals surface area contributed by atoms with E-state index in [1.165, 1.54) is 23.5 Å². The second-order valence-electron chi connectivity index (χ2n) is 7.30. The third kappa shape index (κ3) is 4.79. The van der Waals surface area contributed by atoms with Crippen LogP contribution in [0.25, 0.3) is 5.57 Å². The molecule has 0 aromatic heterocycles. The summed E-state index contributed by atoms with van der Waals surface area (Å²) in [5.41, 5.74) is 4.46. The van der Waals surface area contributed by atoms with Gasteiger partial charge in [0.25, 0.3) is 0 Å². The lowest BCUT2D eigenvalue weighted by molar-refractivity contribution is 0.398. The summed E-state index contributed by atoms with van der Waals surface area (Å²) in [6.07, 6.45) is 8.09. The number of sulfone groups is 1. The molecular formula is C21H25FO2S. The summed E-state index contributed by atoms with van der Waals surface area (Å²) >= 11 is 0. The van der Waals surface area contributed by atoms with Crippen molar-refractivity contribution >= 4 is 15.4 Å². The number of hydrogen-bond donors (Lipinski definition) is 0. The number of benzene rings is 1. The molecule has 0 fully saturated rings. The molecule has 4 heteroatoms. The second kappa shape index (κ2) is 7.12. The first-order chi connectivity index (χ1) is 11.5. The van der Waals surface area contributed by atoms with Crippen molar-refractivity contribution in [2.45, 2.75) is 38.5 Å². The standard InChI is InChI=1S/C21H25FO2S/c1-6-16(8-7-15(2)22)19-13-21(3,4)14-20(19)17-9-11-18(12-10-17)25(5,23)24/h6-12H,2,13-14H2,1,3-5H3/b8-7-,16-6+. The van der Waals surface area contributed by atoms with E-state index in [1.807, 2.05) is 25.1 Å². The van der Waals surface area contributed by atoms with E-state index in [4.69, 9.17) is 0 Å². The summed E-state index contributed by atoms with van der Waals surface area (Å²) in [4.78, 5) is 0.315. The maximum Gasteiger partial charge on any atom is 0.175 e. The lowest BCUT2D eigenvalue weighted by Crippen LogP contribution is -2.05. The molecule has 1 aromatic carbocycles. The molecule has 0 saturated carbocycles. The molecule has 2 rings (SSSR count). The second-order valence-corrected chi connectivity index (χ2v) is 9.31. The summed E-state index contributed by atoms with van der Waals surface area (Å²) in [5, 5.41) is 0. The third-order valence-electron chi connectivity index (χ3n) is 4.41. The van der Waals surface area contributed by atoms with Gasteiger partial charge in [-0.2, -0.15) is 0 Å². The van der Waals surface area contributed by atoms with Gasteiger partial charge >= 0.3 is 0 Å². The molecule has 0 atom stereocenters. The zero-order valence-electron chi connectivity index (χ0n) is 15.3. The van der Waals surface area contributed by atoms with E-state index in [-0.39, 0.29) is 5.41 Å². The van der Waals surface area contributed by atoms with Crippen LogP contribution in [0.2, 0.25) is 0 Å². The van der Waals surface area contributed by atoms with E-state index in [2.05, 4.69) is 20.4 Å². The predicted octanol–water partition coefficient (Wildman–Crippen LogP) is 5.65. The Labute approximate surface area is 150 Å². The van der Waals surface area contributed by atoms with Gasteiger partial charge in [0.2, 0.25) is 0 Å². The minimum absolute atomic E-state index is 0.106. The van der Waals surface area contributed by atoms with Crippen LogP contribution in [0, 0.1) is 5.41 Å². The normalized spacial score (nSPS) is 18.2. The highest BCUT2D eigenvalue weighted by Gasteiger charge is 2.32. The van der Waals surface area contributed by atoms with Crippen LogP contribution in [-0.2, 0) is 9.84 Å². The van der Waals surface area contributed by atoms with Crippen LogP contribution < -0.4 is 0 Å². The maximum absolute atomic E-state index is 13.0. The molecule has 25 heavy (non-hydrogen) atoms. The highest BCUT2D eigenvalue weighted by Crippen LogP contribution is 2.48. The predicted molar refractivity (Wildman–Crippen MR) is 103 cm³/mol. The maximum atomic E-state index is 13.0. The molecular weight excluding hydrogens is 335 g/mol.